The van der Waals surface area contributed by atoms with Crippen LogP contribution in [0.15, 0.2) is 24.3 Å². The van der Waals surface area contributed by atoms with Gasteiger partial charge in [0.15, 0.2) is 0 Å². The van der Waals surface area contributed by atoms with E-state index in [9.17, 15) is 18.0 Å². The molecule has 9 nitrogen and oxygen atoms in total. The molecule has 1 saturated heterocycles. The van der Waals surface area contributed by atoms with Gasteiger partial charge in [-0.1, -0.05) is 12.1 Å². The summed E-state index contributed by atoms with van der Waals surface area (Å²) in [5.74, 6) is -1.18. The Morgan fingerprint density at radius 2 is 1.78 bits per heavy atom. The van der Waals surface area contributed by atoms with Crippen molar-refractivity contribution in [3.8, 4) is 5.75 Å². The molecular weight excluding hydrogens is 374 g/mol. The third-order valence-corrected chi connectivity index (χ3v) is 5.97. The van der Waals surface area contributed by atoms with Crippen LogP contribution in [0.2, 0.25) is 0 Å². The number of hydrogen-bond donors (Lipinski definition) is 2. The fraction of sp³-hybridized carbons (Fsp3) is 0.529. The smallest absolute Gasteiger partial charge is 0.313 e. The fourth-order valence-electron chi connectivity index (χ4n) is 2.93. The Labute approximate surface area is 159 Å². The lowest BCUT2D eigenvalue weighted by atomic mass is 9.92. The van der Waals surface area contributed by atoms with E-state index in [0.29, 0.717) is 37.4 Å². The number of hydrogen-bond acceptors (Lipinski definition) is 6. The number of para-hydroxylation sites is 2. The first-order chi connectivity index (χ1) is 12.7. The van der Waals surface area contributed by atoms with Crippen molar-refractivity contribution in [2.75, 3.05) is 45.4 Å². The molecule has 0 radical (unpaired) electrons. The van der Waals surface area contributed by atoms with Gasteiger partial charge in [0.1, 0.15) is 5.75 Å². The number of benzene rings is 1. The van der Waals surface area contributed by atoms with Crippen molar-refractivity contribution < 1.29 is 27.5 Å². The highest BCUT2D eigenvalue weighted by Crippen LogP contribution is 2.26. The van der Waals surface area contributed by atoms with Gasteiger partial charge in [-0.3, -0.25) is 9.59 Å². The molecule has 0 bridgehead atoms. The molecule has 0 saturated carbocycles. The highest BCUT2D eigenvalue weighted by atomic mass is 32.2. The van der Waals surface area contributed by atoms with Gasteiger partial charge < -0.3 is 20.1 Å². The molecule has 1 fully saturated rings. The molecule has 1 aromatic rings. The fourth-order valence-corrected chi connectivity index (χ4v) is 3.77. The molecule has 0 atom stereocenters. The predicted octanol–water partition coefficient (Wildman–Crippen LogP) is 0.191. The molecule has 0 aromatic heterocycles. The first kappa shape index (κ1) is 21.1. The van der Waals surface area contributed by atoms with E-state index in [2.05, 4.69) is 10.6 Å². The van der Waals surface area contributed by atoms with E-state index in [1.54, 1.807) is 24.3 Å². The van der Waals surface area contributed by atoms with E-state index >= 15 is 0 Å². The minimum absolute atomic E-state index is 0.110. The Kier molecular flexibility index (Phi) is 6.79. The summed E-state index contributed by atoms with van der Waals surface area (Å²) in [6.45, 7) is 0.713. The van der Waals surface area contributed by atoms with Crippen LogP contribution in [-0.4, -0.2) is 70.2 Å². The first-order valence-corrected chi connectivity index (χ1v) is 10.3. The van der Waals surface area contributed by atoms with E-state index in [1.807, 2.05) is 0 Å². The lowest BCUT2D eigenvalue weighted by Crippen LogP contribution is -2.54. The van der Waals surface area contributed by atoms with Crippen molar-refractivity contribution in [2.24, 2.45) is 0 Å². The van der Waals surface area contributed by atoms with Crippen LogP contribution >= 0.6 is 0 Å². The lowest BCUT2D eigenvalue weighted by Gasteiger charge is -2.39. The number of anilines is 1. The normalized spacial score (nSPS) is 17.1. The minimum atomic E-state index is -3.26. The molecule has 0 aliphatic carbocycles. The molecule has 0 spiro atoms. The van der Waals surface area contributed by atoms with Crippen molar-refractivity contribution in [3.63, 3.8) is 0 Å². The second kappa shape index (κ2) is 8.68. The van der Waals surface area contributed by atoms with Crippen molar-refractivity contribution in [1.82, 2.24) is 9.62 Å². The van der Waals surface area contributed by atoms with Gasteiger partial charge in [-0.15, -0.1) is 0 Å². The number of rotatable bonds is 6. The standard InChI is InChI=1S/C17H25N3O6S/c1-25-14-7-5-4-6-13(14)19-16(22)15(21)18-12-17(26-2)8-10-20(11-9-17)27(3,23)24/h4-7H,8-12H2,1-3H3,(H,18,21)(H,19,22). The molecule has 2 rings (SSSR count). The van der Waals surface area contributed by atoms with Gasteiger partial charge in [-0.25, -0.2) is 12.7 Å². The number of piperidine rings is 1. The average molecular weight is 399 g/mol. The average Bonchev–Trinajstić information content (AvgIpc) is 2.66. The summed E-state index contributed by atoms with van der Waals surface area (Å²) in [6, 6.07) is 6.76. The van der Waals surface area contributed by atoms with E-state index in [-0.39, 0.29) is 6.54 Å². The Morgan fingerprint density at radius 3 is 2.33 bits per heavy atom. The number of amides is 2. The van der Waals surface area contributed by atoms with Gasteiger partial charge in [-0.05, 0) is 25.0 Å². The van der Waals surface area contributed by atoms with Crippen LogP contribution in [0.4, 0.5) is 5.69 Å². The number of nitrogens with one attached hydrogen (secondary N) is 2. The maximum Gasteiger partial charge on any atom is 0.313 e. The molecule has 1 aromatic carbocycles. The molecule has 150 valence electrons. The Morgan fingerprint density at radius 1 is 1.15 bits per heavy atom. The summed E-state index contributed by atoms with van der Waals surface area (Å²) < 4.78 is 35.3. The molecule has 2 amide bonds. The SMILES string of the molecule is COc1ccccc1NC(=O)C(=O)NCC1(OC)CCN(S(C)(=O)=O)CC1. The second-order valence-electron chi connectivity index (χ2n) is 6.39. The third-order valence-electron chi connectivity index (χ3n) is 4.67. The van der Waals surface area contributed by atoms with Crippen LogP contribution in [0.25, 0.3) is 0 Å². The van der Waals surface area contributed by atoms with E-state index in [4.69, 9.17) is 9.47 Å². The molecule has 1 heterocycles. The van der Waals surface area contributed by atoms with E-state index < -0.39 is 27.4 Å². The summed E-state index contributed by atoms with van der Waals surface area (Å²) in [6.07, 6.45) is 2.01. The molecule has 0 unspecified atom stereocenters. The highest BCUT2D eigenvalue weighted by molar-refractivity contribution is 7.88. The molecule has 2 N–H and O–H groups in total. The number of sulfonamides is 1. The van der Waals surface area contributed by atoms with Gasteiger partial charge >= 0.3 is 11.8 Å². The second-order valence-corrected chi connectivity index (χ2v) is 8.37. The molecule has 27 heavy (non-hydrogen) atoms. The number of nitrogens with zero attached hydrogens (tertiary/aromatic N) is 1. The Bertz CT molecular complexity index is 788. The molecule has 1 aliphatic heterocycles. The zero-order chi connectivity index (χ0) is 20.1. The van der Waals surface area contributed by atoms with E-state index in [1.165, 1.54) is 18.5 Å². The van der Waals surface area contributed by atoms with Gasteiger partial charge in [0.25, 0.3) is 0 Å². The maximum absolute atomic E-state index is 12.1. The van der Waals surface area contributed by atoms with Crippen LogP contribution in [0.5, 0.6) is 5.75 Å². The van der Waals surface area contributed by atoms with Gasteiger partial charge in [0.05, 0.1) is 24.7 Å². The molecule has 10 heteroatoms. The first-order valence-electron chi connectivity index (χ1n) is 8.43. The van der Waals surface area contributed by atoms with Crippen molar-refractivity contribution in [3.05, 3.63) is 24.3 Å². The van der Waals surface area contributed by atoms with Crippen LogP contribution in [0, 0.1) is 0 Å². The summed E-state index contributed by atoms with van der Waals surface area (Å²) in [4.78, 5) is 24.3. The van der Waals surface area contributed by atoms with Gasteiger partial charge in [0, 0.05) is 26.7 Å². The van der Waals surface area contributed by atoms with Crippen molar-refractivity contribution in [1.29, 1.82) is 0 Å². The summed E-state index contributed by atoms with van der Waals surface area (Å²) >= 11 is 0. The minimum Gasteiger partial charge on any atom is -0.495 e. The van der Waals surface area contributed by atoms with Gasteiger partial charge in [-0.2, -0.15) is 0 Å². The predicted molar refractivity (Wildman–Crippen MR) is 100 cm³/mol. The zero-order valence-electron chi connectivity index (χ0n) is 15.6. The van der Waals surface area contributed by atoms with E-state index in [0.717, 1.165) is 6.26 Å². The van der Waals surface area contributed by atoms with Crippen LogP contribution < -0.4 is 15.4 Å². The monoisotopic (exact) mass is 399 g/mol. The summed E-state index contributed by atoms with van der Waals surface area (Å²) in [5.41, 5.74) is -0.315. The topological polar surface area (TPSA) is 114 Å². The van der Waals surface area contributed by atoms with Crippen LogP contribution in [0.3, 0.4) is 0 Å². The summed E-state index contributed by atoms with van der Waals surface area (Å²) in [5, 5.41) is 5.07. The Hall–Kier alpha value is -2.17. The van der Waals surface area contributed by atoms with Crippen molar-refractivity contribution in [2.45, 2.75) is 18.4 Å². The number of carbonyl (C=O) groups excluding carboxylic acids is 2. The molecular formula is C17H25N3O6S. The number of ether oxygens (including phenoxy) is 2. The number of carbonyl (C=O) groups is 2. The number of methoxy groups -OCH3 is 2. The third kappa shape index (κ3) is 5.41. The summed E-state index contributed by atoms with van der Waals surface area (Å²) in [7, 11) is -0.276. The maximum atomic E-state index is 12.1. The Balaban J connectivity index is 1.92. The lowest BCUT2D eigenvalue weighted by molar-refractivity contribution is -0.137. The van der Waals surface area contributed by atoms with Crippen molar-refractivity contribution >= 4 is 27.5 Å². The highest BCUT2D eigenvalue weighted by Gasteiger charge is 2.37. The largest absolute Gasteiger partial charge is 0.495 e. The van der Waals surface area contributed by atoms with Gasteiger partial charge in [0.2, 0.25) is 10.0 Å². The zero-order valence-corrected chi connectivity index (χ0v) is 16.5. The van der Waals surface area contributed by atoms with Crippen LogP contribution in [-0.2, 0) is 24.3 Å². The quantitative estimate of drug-likeness (QED) is 0.660. The van der Waals surface area contributed by atoms with Crippen LogP contribution in [0.1, 0.15) is 12.8 Å². The molecule has 1 aliphatic rings.